The Balaban J connectivity index is 2.85. The van der Waals surface area contributed by atoms with Gasteiger partial charge in [0.25, 0.3) is 0 Å². The highest BCUT2D eigenvalue weighted by atomic mass is 19.1. The lowest BCUT2D eigenvalue weighted by Crippen LogP contribution is -1.90. The second kappa shape index (κ2) is 2.76. The summed E-state index contributed by atoms with van der Waals surface area (Å²) in [7, 11) is 0. The molecule has 0 fully saturated rings. The van der Waals surface area contributed by atoms with Crippen molar-refractivity contribution in [2.24, 2.45) is 5.22 Å². The first kappa shape index (κ1) is 7.57. The number of hydrogen-bond acceptors (Lipinski definition) is 2. The zero-order valence-electron chi connectivity index (χ0n) is 6.42. The summed E-state index contributed by atoms with van der Waals surface area (Å²) >= 11 is 0. The van der Waals surface area contributed by atoms with Gasteiger partial charge in [-0.15, -0.1) is 5.53 Å². The molecule has 0 saturated heterocycles. The van der Waals surface area contributed by atoms with Crippen LogP contribution in [0.3, 0.4) is 0 Å². The minimum absolute atomic E-state index is 0.195. The van der Waals surface area contributed by atoms with Crippen LogP contribution in [0.25, 0.3) is 21.3 Å². The number of azide groups is 1. The highest BCUT2D eigenvalue weighted by Crippen LogP contribution is 2.16. The number of hydrogen-bond donors (Lipinski definition) is 0. The average molecular weight is 177 g/mol. The summed E-state index contributed by atoms with van der Waals surface area (Å²) in [5.74, 6) is -0.456. The van der Waals surface area contributed by atoms with E-state index in [1.54, 1.807) is 12.1 Å². The van der Waals surface area contributed by atoms with Crippen molar-refractivity contribution in [2.45, 2.75) is 0 Å². The predicted octanol–water partition coefficient (Wildman–Crippen LogP) is 2.25. The zero-order valence-corrected chi connectivity index (χ0v) is 6.42. The molecule has 13 heavy (non-hydrogen) atoms. The molecule has 0 aliphatic rings. The third-order valence-corrected chi connectivity index (χ3v) is 1.65. The van der Waals surface area contributed by atoms with Gasteiger partial charge in [-0.3, -0.25) is 0 Å². The molecule has 0 atom stereocenters. The Bertz CT molecular complexity index is 497. The molecule has 2 aromatic rings. The van der Waals surface area contributed by atoms with Crippen molar-refractivity contribution in [1.82, 2.24) is 9.89 Å². The summed E-state index contributed by atoms with van der Waals surface area (Å²) in [6.45, 7) is 0. The summed E-state index contributed by atoms with van der Waals surface area (Å²) in [6, 6.07) is 4.54. The van der Waals surface area contributed by atoms with Crippen LogP contribution in [0.4, 0.5) is 4.39 Å². The van der Waals surface area contributed by atoms with E-state index in [1.807, 2.05) is 0 Å². The summed E-state index contributed by atoms with van der Waals surface area (Å²) in [5, 5.41) is 7.51. The first-order valence-electron chi connectivity index (χ1n) is 3.50. The molecular weight excluding hydrogens is 173 g/mol. The van der Waals surface area contributed by atoms with Gasteiger partial charge in [-0.1, -0.05) is 16.0 Å². The van der Waals surface area contributed by atoms with Gasteiger partial charge in [0.1, 0.15) is 0 Å². The molecule has 6 heteroatoms. The molecule has 0 amide bonds. The fourth-order valence-corrected chi connectivity index (χ4v) is 1.13. The standard InChI is InChI=1S/C7H4FN5/c8-6-3-1-2-5-4-10-13(7(5)6)12-11-9/h1-4H. The predicted molar refractivity (Wildman–Crippen MR) is 44.2 cm³/mol. The van der Waals surface area contributed by atoms with Crippen molar-refractivity contribution in [1.29, 1.82) is 0 Å². The number of aromatic nitrogens is 2. The van der Waals surface area contributed by atoms with Gasteiger partial charge in [-0.2, -0.15) is 4.91 Å². The summed E-state index contributed by atoms with van der Waals surface area (Å²) in [4.78, 5) is 3.45. The second-order valence-electron chi connectivity index (χ2n) is 2.39. The Morgan fingerprint density at radius 1 is 1.54 bits per heavy atom. The van der Waals surface area contributed by atoms with Crippen molar-refractivity contribution < 1.29 is 4.39 Å². The lowest BCUT2D eigenvalue weighted by atomic mass is 10.2. The van der Waals surface area contributed by atoms with Gasteiger partial charge in [0.15, 0.2) is 5.82 Å². The molecule has 1 aromatic heterocycles. The van der Waals surface area contributed by atoms with Crippen LogP contribution in [0.1, 0.15) is 0 Å². The largest absolute Gasteiger partial charge is 0.204 e. The number of rotatable bonds is 1. The summed E-state index contributed by atoms with van der Waals surface area (Å²) in [5.41, 5.74) is 8.36. The monoisotopic (exact) mass is 177 g/mol. The number of benzene rings is 1. The van der Waals surface area contributed by atoms with Crippen LogP contribution in [0.15, 0.2) is 29.6 Å². The Hall–Kier alpha value is -2.07. The van der Waals surface area contributed by atoms with E-state index < -0.39 is 5.82 Å². The topological polar surface area (TPSA) is 66.6 Å². The molecule has 0 aliphatic carbocycles. The maximum atomic E-state index is 13.2. The molecule has 1 heterocycles. The van der Waals surface area contributed by atoms with Crippen LogP contribution in [-0.4, -0.2) is 9.89 Å². The van der Waals surface area contributed by atoms with Crippen LogP contribution in [0, 0.1) is 5.82 Å². The Morgan fingerprint density at radius 2 is 2.38 bits per heavy atom. The molecular formula is C7H4FN5. The van der Waals surface area contributed by atoms with Gasteiger partial charge >= 0.3 is 0 Å². The number of para-hydroxylation sites is 1. The van der Waals surface area contributed by atoms with Crippen LogP contribution in [0.2, 0.25) is 0 Å². The van der Waals surface area contributed by atoms with E-state index in [0.29, 0.717) is 5.39 Å². The molecule has 64 valence electrons. The van der Waals surface area contributed by atoms with Gasteiger partial charge in [0, 0.05) is 10.6 Å². The van der Waals surface area contributed by atoms with Crippen molar-refractivity contribution in [3.8, 4) is 0 Å². The molecule has 0 unspecified atom stereocenters. The molecule has 0 N–H and O–H groups in total. The fourth-order valence-electron chi connectivity index (χ4n) is 1.13. The number of nitrogens with zero attached hydrogens (tertiary/aromatic N) is 5. The SMILES string of the molecule is [N-]=[N+]=Nn1ncc2cccc(F)c21. The number of halogens is 1. The quantitative estimate of drug-likeness (QED) is 0.374. The Kier molecular flexibility index (Phi) is 1.61. The molecule has 0 radical (unpaired) electrons. The fraction of sp³-hybridized carbons (Fsp3) is 0. The second-order valence-corrected chi connectivity index (χ2v) is 2.39. The highest BCUT2D eigenvalue weighted by molar-refractivity contribution is 5.78. The van der Waals surface area contributed by atoms with Gasteiger partial charge in [0.05, 0.1) is 6.20 Å². The minimum Gasteiger partial charge on any atom is -0.202 e. The van der Waals surface area contributed by atoms with Crippen molar-refractivity contribution in [3.05, 3.63) is 40.7 Å². The van der Waals surface area contributed by atoms with Gasteiger partial charge in [0.2, 0.25) is 5.52 Å². The minimum atomic E-state index is -0.456. The van der Waals surface area contributed by atoms with E-state index in [0.717, 1.165) is 4.79 Å². The van der Waals surface area contributed by atoms with E-state index in [-0.39, 0.29) is 5.52 Å². The molecule has 2 rings (SSSR count). The molecule has 0 spiro atoms. The molecule has 0 saturated carbocycles. The van der Waals surface area contributed by atoms with Crippen molar-refractivity contribution >= 4 is 10.9 Å². The zero-order chi connectivity index (χ0) is 9.26. The van der Waals surface area contributed by atoms with E-state index in [4.69, 9.17) is 5.53 Å². The van der Waals surface area contributed by atoms with Gasteiger partial charge < -0.3 is 0 Å². The van der Waals surface area contributed by atoms with Gasteiger partial charge in [-0.25, -0.2) is 4.39 Å². The van der Waals surface area contributed by atoms with Crippen molar-refractivity contribution in [3.63, 3.8) is 0 Å². The van der Waals surface area contributed by atoms with Crippen molar-refractivity contribution in [2.75, 3.05) is 0 Å². The first-order chi connectivity index (χ1) is 6.33. The van der Waals surface area contributed by atoms with Crippen LogP contribution in [0.5, 0.6) is 0 Å². The maximum absolute atomic E-state index is 13.2. The van der Waals surface area contributed by atoms with Crippen LogP contribution in [-0.2, 0) is 0 Å². The van der Waals surface area contributed by atoms with Gasteiger partial charge in [-0.05, 0) is 12.1 Å². The van der Waals surface area contributed by atoms with Crippen LogP contribution < -0.4 is 0 Å². The average Bonchev–Trinajstić information content (AvgIpc) is 2.51. The maximum Gasteiger partial charge on any atom is 0.204 e. The normalized spacial score (nSPS) is 9.92. The van der Waals surface area contributed by atoms with Crippen LogP contribution >= 0.6 is 0 Å². The molecule has 0 bridgehead atoms. The highest BCUT2D eigenvalue weighted by Gasteiger charge is 2.09. The van der Waals surface area contributed by atoms with E-state index in [1.165, 1.54) is 12.3 Å². The first-order valence-corrected chi connectivity index (χ1v) is 3.50. The molecule has 5 nitrogen and oxygen atoms in total. The van der Waals surface area contributed by atoms with E-state index >= 15 is 0 Å². The third-order valence-electron chi connectivity index (χ3n) is 1.65. The Labute approximate surface area is 72.0 Å². The lowest BCUT2D eigenvalue weighted by Gasteiger charge is -1.89. The van der Waals surface area contributed by atoms with E-state index in [9.17, 15) is 4.39 Å². The van der Waals surface area contributed by atoms with E-state index in [2.05, 4.69) is 15.2 Å². The summed E-state index contributed by atoms with van der Waals surface area (Å²) in [6.07, 6.45) is 1.44. The third kappa shape index (κ3) is 1.09. The number of fused-ring (bicyclic) bond motifs is 1. The smallest absolute Gasteiger partial charge is 0.202 e. The lowest BCUT2D eigenvalue weighted by molar-refractivity contribution is 0.622. The summed E-state index contributed by atoms with van der Waals surface area (Å²) < 4.78 is 13.2. The Morgan fingerprint density at radius 3 is 3.15 bits per heavy atom. The molecule has 1 aromatic carbocycles. The molecule has 0 aliphatic heterocycles.